The third-order valence-corrected chi connectivity index (χ3v) is 5.23. The van der Waals surface area contributed by atoms with Crippen LogP contribution in [0.2, 0.25) is 5.02 Å². The van der Waals surface area contributed by atoms with E-state index in [0.717, 1.165) is 17.5 Å². The van der Waals surface area contributed by atoms with E-state index in [1.165, 1.54) is 11.8 Å². The Balaban J connectivity index is 1.56. The van der Waals surface area contributed by atoms with Crippen LogP contribution in [0.25, 0.3) is 0 Å². The number of amides is 1. The van der Waals surface area contributed by atoms with Crippen molar-refractivity contribution < 1.29 is 4.79 Å². The summed E-state index contributed by atoms with van der Waals surface area (Å²) in [6, 6.07) is 17.4. The van der Waals surface area contributed by atoms with Crippen LogP contribution in [-0.2, 0) is 11.3 Å². The molecule has 140 valence electrons. The van der Waals surface area contributed by atoms with E-state index in [-0.39, 0.29) is 17.7 Å². The Hall–Kier alpha value is -2.38. The third-order valence-electron chi connectivity index (χ3n) is 4.02. The average Bonchev–Trinajstić information content (AvgIpc) is 3.13. The van der Waals surface area contributed by atoms with Crippen LogP contribution < -0.4 is 5.32 Å². The summed E-state index contributed by atoms with van der Waals surface area (Å²) in [5.74, 6) is 0.190. The number of nitrogens with zero attached hydrogens (tertiary/aromatic N) is 4. The van der Waals surface area contributed by atoms with E-state index in [2.05, 4.69) is 20.8 Å². The van der Waals surface area contributed by atoms with Crippen LogP contribution in [0.5, 0.6) is 0 Å². The molecule has 0 bridgehead atoms. The van der Waals surface area contributed by atoms with Gasteiger partial charge in [-0.25, -0.2) is 4.68 Å². The minimum atomic E-state index is -0.0592. The van der Waals surface area contributed by atoms with E-state index in [0.29, 0.717) is 16.7 Å². The highest BCUT2D eigenvalue weighted by Crippen LogP contribution is 2.20. The van der Waals surface area contributed by atoms with Gasteiger partial charge in [-0.2, -0.15) is 0 Å². The van der Waals surface area contributed by atoms with Crippen LogP contribution in [-0.4, -0.2) is 31.9 Å². The Kier molecular flexibility index (Phi) is 6.84. The molecule has 0 spiro atoms. The maximum Gasteiger partial charge on any atom is 0.230 e. The first-order chi connectivity index (χ1) is 13.2. The molecule has 0 aliphatic rings. The number of hydrogen-bond donors (Lipinski definition) is 1. The maximum atomic E-state index is 12.4. The van der Waals surface area contributed by atoms with Gasteiger partial charge in [0, 0.05) is 5.02 Å². The molecule has 0 saturated carbocycles. The lowest BCUT2D eigenvalue weighted by Gasteiger charge is -2.17. The Morgan fingerprint density at radius 1 is 1.19 bits per heavy atom. The lowest BCUT2D eigenvalue weighted by molar-refractivity contribution is -0.119. The largest absolute Gasteiger partial charge is 0.349 e. The van der Waals surface area contributed by atoms with Gasteiger partial charge in [0.2, 0.25) is 11.1 Å². The lowest BCUT2D eigenvalue weighted by atomic mass is 10.0. The lowest BCUT2D eigenvalue weighted by Crippen LogP contribution is -2.29. The van der Waals surface area contributed by atoms with E-state index in [1.807, 2.05) is 61.5 Å². The summed E-state index contributed by atoms with van der Waals surface area (Å²) in [4.78, 5) is 12.4. The van der Waals surface area contributed by atoms with Gasteiger partial charge in [0.15, 0.2) is 0 Å². The number of benzene rings is 2. The van der Waals surface area contributed by atoms with Gasteiger partial charge in [0.1, 0.15) is 0 Å². The SMILES string of the molecule is CCC(NC(=O)CSc1nnnn1Cc1ccccc1)c1ccc(Cl)cc1. The summed E-state index contributed by atoms with van der Waals surface area (Å²) in [6.07, 6.45) is 0.795. The van der Waals surface area contributed by atoms with Gasteiger partial charge < -0.3 is 5.32 Å². The summed E-state index contributed by atoms with van der Waals surface area (Å²) >= 11 is 7.26. The van der Waals surface area contributed by atoms with Crippen LogP contribution in [0.4, 0.5) is 0 Å². The summed E-state index contributed by atoms with van der Waals surface area (Å²) in [6.45, 7) is 2.60. The highest BCUT2D eigenvalue weighted by atomic mass is 35.5. The van der Waals surface area contributed by atoms with Gasteiger partial charge in [0.05, 0.1) is 18.3 Å². The average molecular weight is 402 g/mol. The fraction of sp³-hybridized carbons (Fsp3) is 0.263. The smallest absolute Gasteiger partial charge is 0.230 e. The standard InChI is InChI=1S/C19H20ClN5OS/c1-2-17(15-8-10-16(20)11-9-15)21-18(26)13-27-19-22-23-24-25(19)12-14-6-4-3-5-7-14/h3-11,17H,2,12-13H2,1H3,(H,21,26). The summed E-state index contributed by atoms with van der Waals surface area (Å²) in [5, 5.41) is 16.1. The predicted molar refractivity (Wildman–Crippen MR) is 107 cm³/mol. The van der Waals surface area contributed by atoms with Crippen LogP contribution >= 0.6 is 23.4 Å². The van der Waals surface area contributed by atoms with E-state index in [1.54, 1.807) is 4.68 Å². The van der Waals surface area contributed by atoms with E-state index < -0.39 is 0 Å². The van der Waals surface area contributed by atoms with Gasteiger partial charge in [-0.3, -0.25) is 4.79 Å². The zero-order valence-corrected chi connectivity index (χ0v) is 16.5. The number of rotatable bonds is 8. The molecule has 1 amide bonds. The van der Waals surface area contributed by atoms with E-state index in [4.69, 9.17) is 11.6 Å². The molecule has 0 fully saturated rings. The number of carbonyl (C=O) groups is 1. The Labute approximate surface area is 167 Å². The molecule has 0 aliphatic heterocycles. The summed E-state index contributed by atoms with van der Waals surface area (Å²) < 4.78 is 1.70. The number of hydrogen-bond acceptors (Lipinski definition) is 5. The van der Waals surface area contributed by atoms with Crippen molar-refractivity contribution in [3.05, 3.63) is 70.7 Å². The molecule has 6 nitrogen and oxygen atoms in total. The zero-order chi connectivity index (χ0) is 19.1. The molecular formula is C19H20ClN5OS. The highest BCUT2D eigenvalue weighted by Gasteiger charge is 2.15. The molecule has 1 aromatic heterocycles. The molecule has 1 heterocycles. The van der Waals surface area contributed by atoms with Gasteiger partial charge >= 0.3 is 0 Å². The summed E-state index contributed by atoms with van der Waals surface area (Å²) in [5.41, 5.74) is 2.14. The molecule has 0 aliphatic carbocycles. The van der Waals surface area contributed by atoms with Gasteiger partial charge in [-0.1, -0.05) is 72.8 Å². The first kappa shape index (κ1) is 19.4. The van der Waals surface area contributed by atoms with Crippen molar-refractivity contribution in [2.75, 3.05) is 5.75 Å². The second-order valence-corrected chi connectivity index (χ2v) is 7.35. The van der Waals surface area contributed by atoms with Crippen LogP contribution in [0.1, 0.15) is 30.5 Å². The molecule has 0 saturated heterocycles. The van der Waals surface area contributed by atoms with Crippen molar-refractivity contribution in [2.24, 2.45) is 0 Å². The zero-order valence-electron chi connectivity index (χ0n) is 14.9. The molecule has 1 atom stereocenters. The quantitative estimate of drug-likeness (QED) is 0.582. The number of tetrazole rings is 1. The first-order valence-corrected chi connectivity index (χ1v) is 9.99. The molecule has 8 heteroatoms. The highest BCUT2D eigenvalue weighted by molar-refractivity contribution is 7.99. The van der Waals surface area contributed by atoms with Crippen molar-refractivity contribution in [3.63, 3.8) is 0 Å². The number of nitrogens with one attached hydrogen (secondary N) is 1. The van der Waals surface area contributed by atoms with Crippen molar-refractivity contribution in [1.82, 2.24) is 25.5 Å². The van der Waals surface area contributed by atoms with Gasteiger partial charge in [0.25, 0.3) is 0 Å². The Morgan fingerprint density at radius 2 is 1.93 bits per heavy atom. The monoisotopic (exact) mass is 401 g/mol. The summed E-state index contributed by atoms with van der Waals surface area (Å²) in [7, 11) is 0. The van der Waals surface area contributed by atoms with Crippen LogP contribution in [0.15, 0.2) is 59.8 Å². The van der Waals surface area contributed by atoms with E-state index in [9.17, 15) is 4.79 Å². The van der Waals surface area contributed by atoms with Gasteiger partial charge in [-0.15, -0.1) is 5.10 Å². The fourth-order valence-corrected chi connectivity index (χ4v) is 3.45. The molecule has 0 radical (unpaired) electrons. The molecule has 1 N–H and O–H groups in total. The van der Waals surface area contributed by atoms with Crippen molar-refractivity contribution in [2.45, 2.75) is 31.1 Å². The van der Waals surface area contributed by atoms with Crippen LogP contribution in [0, 0.1) is 0 Å². The Morgan fingerprint density at radius 3 is 2.63 bits per heavy atom. The van der Waals surface area contributed by atoms with Crippen molar-refractivity contribution in [3.8, 4) is 0 Å². The topological polar surface area (TPSA) is 72.7 Å². The predicted octanol–water partition coefficient (Wildman–Crippen LogP) is 3.73. The molecule has 3 aromatic rings. The molecular weight excluding hydrogens is 382 g/mol. The number of thioether (sulfide) groups is 1. The molecule has 2 aromatic carbocycles. The third kappa shape index (κ3) is 5.55. The minimum absolute atomic E-state index is 0.0457. The minimum Gasteiger partial charge on any atom is -0.349 e. The van der Waals surface area contributed by atoms with E-state index >= 15 is 0 Å². The number of halogens is 1. The second kappa shape index (κ2) is 9.53. The molecule has 1 unspecified atom stereocenters. The first-order valence-electron chi connectivity index (χ1n) is 8.63. The Bertz CT molecular complexity index is 869. The van der Waals surface area contributed by atoms with Crippen molar-refractivity contribution >= 4 is 29.3 Å². The number of carbonyl (C=O) groups excluding carboxylic acids is 1. The fourth-order valence-electron chi connectivity index (χ4n) is 2.64. The normalized spacial score (nSPS) is 11.9. The number of aromatic nitrogens is 4. The van der Waals surface area contributed by atoms with Crippen molar-refractivity contribution in [1.29, 1.82) is 0 Å². The van der Waals surface area contributed by atoms with Gasteiger partial charge in [-0.05, 0) is 40.1 Å². The second-order valence-electron chi connectivity index (χ2n) is 5.97. The molecule has 27 heavy (non-hydrogen) atoms. The van der Waals surface area contributed by atoms with Crippen LogP contribution in [0.3, 0.4) is 0 Å². The maximum absolute atomic E-state index is 12.4. The molecule has 3 rings (SSSR count).